The summed E-state index contributed by atoms with van der Waals surface area (Å²) in [4.78, 5) is 15.2. The maximum absolute atomic E-state index is 12.8. The molecule has 22 heavy (non-hydrogen) atoms. The minimum absolute atomic E-state index is 0.128. The van der Waals surface area contributed by atoms with Crippen LogP contribution in [0, 0.1) is 5.92 Å². The largest absolute Gasteiger partial charge is 0.378 e. The number of carbonyl (C=O) groups excluding carboxylic acids is 1. The summed E-state index contributed by atoms with van der Waals surface area (Å²) < 4.78 is 5.64. The van der Waals surface area contributed by atoms with Crippen molar-refractivity contribution < 1.29 is 9.53 Å². The van der Waals surface area contributed by atoms with Gasteiger partial charge in [0.25, 0.3) is 0 Å². The predicted octanol–water partition coefficient (Wildman–Crippen LogP) is 3.28. The Morgan fingerprint density at radius 3 is 2.14 bits per heavy atom. The van der Waals surface area contributed by atoms with Crippen LogP contribution < -0.4 is 0 Å². The van der Waals surface area contributed by atoms with Crippen LogP contribution in [-0.2, 0) is 10.2 Å². The molecule has 3 rings (SSSR count). The van der Waals surface area contributed by atoms with Crippen LogP contribution in [0.2, 0.25) is 0 Å². The highest BCUT2D eigenvalue weighted by molar-refractivity contribution is 5.98. The van der Waals surface area contributed by atoms with Crippen molar-refractivity contribution in [2.24, 2.45) is 5.92 Å². The van der Waals surface area contributed by atoms with Gasteiger partial charge in [0, 0.05) is 23.6 Å². The maximum atomic E-state index is 12.8. The molecule has 1 aromatic rings. The van der Waals surface area contributed by atoms with E-state index >= 15 is 0 Å². The fourth-order valence-electron chi connectivity index (χ4n) is 3.68. The molecule has 0 aliphatic carbocycles. The highest BCUT2D eigenvalue weighted by atomic mass is 16.5. The quantitative estimate of drug-likeness (QED) is 0.785. The standard InChI is InChI=1S/C19H27NO2/c1-19(2,3)15-7-5-13(6-8-15)18(21)14-9-16-11-22-12-17(10-14)20(16)4/h5-8,14,16-17H,9-12H2,1-4H3. The lowest BCUT2D eigenvalue weighted by atomic mass is 9.80. The Morgan fingerprint density at radius 1 is 1.09 bits per heavy atom. The third-order valence-electron chi connectivity index (χ3n) is 5.29. The van der Waals surface area contributed by atoms with E-state index in [0.717, 1.165) is 31.6 Å². The molecule has 0 aromatic heterocycles. The van der Waals surface area contributed by atoms with Crippen molar-refractivity contribution in [1.82, 2.24) is 4.90 Å². The summed E-state index contributed by atoms with van der Waals surface area (Å²) in [6, 6.07) is 9.02. The zero-order valence-electron chi connectivity index (χ0n) is 14.1. The SMILES string of the molecule is CN1C2COCC1CC(C(=O)c1ccc(C(C)(C)C)cc1)C2. The number of nitrogens with zero attached hydrogens (tertiary/aromatic N) is 1. The highest BCUT2D eigenvalue weighted by Gasteiger charge is 2.39. The van der Waals surface area contributed by atoms with Gasteiger partial charge in [0.05, 0.1) is 13.2 Å². The molecule has 2 atom stereocenters. The van der Waals surface area contributed by atoms with Crippen molar-refractivity contribution in [3.05, 3.63) is 35.4 Å². The number of morpholine rings is 1. The normalized spacial score (nSPS) is 29.4. The van der Waals surface area contributed by atoms with E-state index in [1.165, 1.54) is 5.56 Å². The molecular formula is C19H27NO2. The number of hydrogen-bond acceptors (Lipinski definition) is 3. The lowest BCUT2D eigenvalue weighted by Crippen LogP contribution is -2.55. The molecule has 120 valence electrons. The highest BCUT2D eigenvalue weighted by Crippen LogP contribution is 2.32. The monoisotopic (exact) mass is 301 g/mol. The van der Waals surface area contributed by atoms with Crippen LogP contribution in [-0.4, -0.2) is 43.0 Å². The maximum Gasteiger partial charge on any atom is 0.166 e. The first-order valence-corrected chi connectivity index (χ1v) is 8.30. The van der Waals surface area contributed by atoms with Crippen LogP contribution in [0.25, 0.3) is 0 Å². The van der Waals surface area contributed by atoms with E-state index in [2.05, 4.69) is 44.9 Å². The molecule has 3 heteroatoms. The summed E-state index contributed by atoms with van der Waals surface area (Å²) >= 11 is 0. The van der Waals surface area contributed by atoms with Crippen molar-refractivity contribution in [2.45, 2.75) is 51.1 Å². The summed E-state index contributed by atoms with van der Waals surface area (Å²) in [7, 11) is 2.16. The van der Waals surface area contributed by atoms with Crippen molar-refractivity contribution in [2.75, 3.05) is 20.3 Å². The molecule has 0 saturated carbocycles. The summed E-state index contributed by atoms with van der Waals surface area (Å²) in [6.07, 6.45) is 1.85. The number of hydrogen-bond donors (Lipinski definition) is 0. The van der Waals surface area contributed by atoms with Gasteiger partial charge < -0.3 is 4.74 Å². The molecule has 2 bridgehead atoms. The molecule has 2 unspecified atom stereocenters. The molecule has 2 heterocycles. The van der Waals surface area contributed by atoms with Crippen LogP contribution >= 0.6 is 0 Å². The molecule has 0 radical (unpaired) electrons. The van der Waals surface area contributed by atoms with Crippen molar-refractivity contribution in [3.8, 4) is 0 Å². The first kappa shape index (κ1) is 15.7. The van der Waals surface area contributed by atoms with Crippen molar-refractivity contribution >= 4 is 5.78 Å². The van der Waals surface area contributed by atoms with Gasteiger partial charge in [-0.3, -0.25) is 9.69 Å². The minimum Gasteiger partial charge on any atom is -0.378 e. The summed E-state index contributed by atoms with van der Waals surface area (Å²) in [5, 5.41) is 0. The van der Waals surface area contributed by atoms with Crippen molar-refractivity contribution in [3.63, 3.8) is 0 Å². The molecule has 3 nitrogen and oxygen atoms in total. The molecule has 2 saturated heterocycles. The van der Waals surface area contributed by atoms with Gasteiger partial charge in [0.1, 0.15) is 0 Å². The third kappa shape index (κ3) is 2.97. The van der Waals surface area contributed by atoms with E-state index in [-0.39, 0.29) is 11.3 Å². The van der Waals surface area contributed by atoms with E-state index in [4.69, 9.17) is 4.74 Å². The number of piperidine rings is 1. The number of rotatable bonds is 2. The molecule has 2 aliphatic heterocycles. The van der Waals surface area contributed by atoms with Gasteiger partial charge in [-0.15, -0.1) is 0 Å². The third-order valence-corrected chi connectivity index (χ3v) is 5.29. The second kappa shape index (κ2) is 5.78. The van der Waals surface area contributed by atoms with Gasteiger partial charge in [0.2, 0.25) is 0 Å². The number of fused-ring (bicyclic) bond motifs is 2. The molecule has 2 aliphatic rings. The first-order chi connectivity index (χ1) is 10.4. The number of carbonyl (C=O) groups is 1. The smallest absolute Gasteiger partial charge is 0.166 e. The molecule has 0 amide bonds. The lowest BCUT2D eigenvalue weighted by molar-refractivity contribution is -0.0702. The van der Waals surface area contributed by atoms with Crippen LogP contribution in [0.1, 0.15) is 49.5 Å². The molecule has 1 aromatic carbocycles. The van der Waals surface area contributed by atoms with Gasteiger partial charge in [-0.1, -0.05) is 45.0 Å². The summed E-state index contributed by atoms with van der Waals surface area (Å²) in [5.74, 6) is 0.459. The second-order valence-corrected chi connectivity index (χ2v) is 7.87. The van der Waals surface area contributed by atoms with Gasteiger partial charge in [0.15, 0.2) is 5.78 Å². The number of Topliss-reactive ketones (excluding diaryl/α,β-unsaturated/α-hetero) is 1. The van der Waals surface area contributed by atoms with Crippen LogP contribution in [0.15, 0.2) is 24.3 Å². The Labute approximate surface area is 133 Å². The van der Waals surface area contributed by atoms with Gasteiger partial charge >= 0.3 is 0 Å². The first-order valence-electron chi connectivity index (χ1n) is 8.30. The molecule has 2 fully saturated rings. The number of ketones is 1. The Morgan fingerprint density at radius 2 is 1.64 bits per heavy atom. The van der Waals surface area contributed by atoms with E-state index in [1.807, 2.05) is 12.1 Å². The summed E-state index contributed by atoms with van der Waals surface area (Å²) in [5.41, 5.74) is 2.27. The van der Waals surface area contributed by atoms with Gasteiger partial charge in [-0.25, -0.2) is 0 Å². The molecule has 0 spiro atoms. The number of benzene rings is 1. The second-order valence-electron chi connectivity index (χ2n) is 7.87. The van der Waals surface area contributed by atoms with E-state index in [1.54, 1.807) is 0 Å². The summed E-state index contributed by atoms with van der Waals surface area (Å²) in [6.45, 7) is 8.12. The lowest BCUT2D eigenvalue weighted by Gasteiger charge is -2.46. The van der Waals surface area contributed by atoms with Gasteiger partial charge in [-0.05, 0) is 30.9 Å². The van der Waals surface area contributed by atoms with Crippen LogP contribution in [0.5, 0.6) is 0 Å². The molecular weight excluding hydrogens is 274 g/mol. The predicted molar refractivity (Wildman–Crippen MR) is 88.4 cm³/mol. The number of ether oxygens (including phenoxy) is 1. The molecule has 0 N–H and O–H groups in total. The fourth-order valence-corrected chi connectivity index (χ4v) is 3.68. The van der Waals surface area contributed by atoms with Crippen molar-refractivity contribution in [1.29, 1.82) is 0 Å². The van der Waals surface area contributed by atoms with E-state index in [9.17, 15) is 4.79 Å². The van der Waals surface area contributed by atoms with E-state index < -0.39 is 0 Å². The fraction of sp³-hybridized carbons (Fsp3) is 0.632. The Bertz CT molecular complexity index is 530. The zero-order chi connectivity index (χ0) is 15.9. The Balaban J connectivity index is 1.74. The van der Waals surface area contributed by atoms with E-state index in [0.29, 0.717) is 17.9 Å². The van der Waals surface area contributed by atoms with Crippen LogP contribution in [0.4, 0.5) is 0 Å². The number of likely N-dealkylation sites (N-methyl/N-ethyl adjacent to an activating group) is 1. The zero-order valence-corrected chi connectivity index (χ0v) is 14.1. The average Bonchev–Trinajstić information content (AvgIpc) is 2.45. The Hall–Kier alpha value is -1.19. The van der Waals surface area contributed by atoms with Crippen LogP contribution in [0.3, 0.4) is 0 Å². The average molecular weight is 301 g/mol. The topological polar surface area (TPSA) is 29.5 Å². The Kier molecular flexibility index (Phi) is 4.13. The van der Waals surface area contributed by atoms with Gasteiger partial charge in [-0.2, -0.15) is 0 Å². The minimum atomic E-state index is 0.128.